The maximum Gasteiger partial charge on any atom is 0.262 e. The van der Waals surface area contributed by atoms with E-state index >= 15 is 0 Å². The third-order valence-corrected chi connectivity index (χ3v) is 6.50. The number of likely N-dealkylation sites (N-methyl/N-ethyl adjacent to an activating group) is 1. The molecule has 3 aromatic rings. The summed E-state index contributed by atoms with van der Waals surface area (Å²) in [5, 5.41) is 5.26. The van der Waals surface area contributed by atoms with Gasteiger partial charge in [-0.15, -0.1) is 11.3 Å². The van der Waals surface area contributed by atoms with Crippen LogP contribution in [0, 0.1) is 0 Å². The van der Waals surface area contributed by atoms with Crippen LogP contribution in [0.25, 0.3) is 0 Å². The summed E-state index contributed by atoms with van der Waals surface area (Å²) in [5.41, 5.74) is 2.19. The Kier molecular flexibility index (Phi) is 6.92. The van der Waals surface area contributed by atoms with E-state index in [0.717, 1.165) is 30.1 Å². The van der Waals surface area contributed by atoms with E-state index in [1.165, 1.54) is 4.88 Å². The number of pyridine rings is 1. The molecule has 3 heterocycles. The van der Waals surface area contributed by atoms with Gasteiger partial charge in [0, 0.05) is 55.5 Å². The van der Waals surface area contributed by atoms with Gasteiger partial charge in [0.2, 0.25) is 5.88 Å². The highest BCUT2D eigenvalue weighted by atomic mass is 32.1. The minimum absolute atomic E-state index is 0.0407. The summed E-state index contributed by atoms with van der Waals surface area (Å²) < 4.78 is 11.6. The highest BCUT2D eigenvalue weighted by molar-refractivity contribution is 7.10. The maximum absolute atomic E-state index is 13.4. The fraction of sp³-hybridized carbons (Fsp3) is 0.333. The molecule has 0 saturated heterocycles. The smallest absolute Gasteiger partial charge is 0.262 e. The van der Waals surface area contributed by atoms with Gasteiger partial charge < -0.3 is 24.6 Å². The van der Waals surface area contributed by atoms with Crippen molar-refractivity contribution in [3.05, 3.63) is 64.5 Å². The van der Waals surface area contributed by atoms with Gasteiger partial charge in [-0.1, -0.05) is 12.1 Å². The van der Waals surface area contributed by atoms with Crippen LogP contribution in [-0.4, -0.2) is 51.7 Å². The lowest BCUT2D eigenvalue weighted by Crippen LogP contribution is -2.33. The zero-order valence-corrected chi connectivity index (χ0v) is 19.4. The van der Waals surface area contributed by atoms with Gasteiger partial charge in [0.1, 0.15) is 11.9 Å². The molecule has 0 aliphatic carbocycles. The van der Waals surface area contributed by atoms with Crippen LogP contribution >= 0.6 is 11.3 Å². The van der Waals surface area contributed by atoms with Crippen molar-refractivity contribution >= 4 is 28.6 Å². The Morgan fingerprint density at radius 2 is 2.09 bits per heavy atom. The molecular weight excluding hydrogens is 424 g/mol. The molecule has 1 unspecified atom stereocenters. The SMILES string of the molecule is CNCCC(Oc1cccc(N2CCN(C)c3cc(OC)ncc3C2=O)c1)c1cccs1. The van der Waals surface area contributed by atoms with Crippen molar-refractivity contribution in [2.24, 2.45) is 0 Å². The van der Waals surface area contributed by atoms with Gasteiger partial charge in [0.05, 0.1) is 18.4 Å². The fourth-order valence-corrected chi connectivity index (χ4v) is 4.57. The highest BCUT2D eigenvalue weighted by Gasteiger charge is 2.27. The van der Waals surface area contributed by atoms with Crippen LogP contribution in [0.4, 0.5) is 11.4 Å². The van der Waals surface area contributed by atoms with E-state index in [2.05, 4.69) is 26.6 Å². The van der Waals surface area contributed by atoms with E-state index in [1.807, 2.05) is 50.5 Å². The predicted octanol–water partition coefficient (Wildman–Crippen LogP) is 3.98. The number of hydrogen-bond acceptors (Lipinski definition) is 7. The Balaban J connectivity index is 1.60. The number of amides is 1. The highest BCUT2D eigenvalue weighted by Crippen LogP contribution is 2.33. The number of nitrogens with zero attached hydrogens (tertiary/aromatic N) is 3. The van der Waals surface area contributed by atoms with Crippen LogP contribution < -0.4 is 24.6 Å². The lowest BCUT2D eigenvalue weighted by molar-refractivity contribution is 0.0990. The molecule has 8 heteroatoms. The van der Waals surface area contributed by atoms with Gasteiger partial charge >= 0.3 is 0 Å². The number of anilines is 2. The predicted molar refractivity (Wildman–Crippen MR) is 128 cm³/mol. The average molecular weight is 453 g/mol. The van der Waals surface area contributed by atoms with Gasteiger partial charge in [-0.3, -0.25) is 4.79 Å². The second kappa shape index (κ2) is 10.0. The monoisotopic (exact) mass is 452 g/mol. The number of ether oxygens (including phenoxy) is 2. The minimum atomic E-state index is -0.0818. The maximum atomic E-state index is 13.4. The van der Waals surface area contributed by atoms with Crippen LogP contribution in [0.5, 0.6) is 11.6 Å². The molecule has 1 aliphatic rings. The molecule has 0 radical (unpaired) electrons. The molecule has 168 valence electrons. The van der Waals surface area contributed by atoms with Gasteiger partial charge in [-0.25, -0.2) is 4.98 Å². The van der Waals surface area contributed by atoms with Crippen molar-refractivity contribution in [2.45, 2.75) is 12.5 Å². The number of aromatic nitrogens is 1. The molecule has 1 aromatic carbocycles. The number of nitrogens with one attached hydrogen (secondary N) is 1. The Bertz CT molecular complexity index is 1060. The minimum Gasteiger partial charge on any atom is -0.485 e. The molecule has 4 rings (SSSR count). The van der Waals surface area contributed by atoms with E-state index in [9.17, 15) is 4.79 Å². The van der Waals surface area contributed by atoms with Crippen molar-refractivity contribution in [3.8, 4) is 11.6 Å². The molecule has 1 amide bonds. The summed E-state index contributed by atoms with van der Waals surface area (Å²) in [6.45, 7) is 2.10. The third kappa shape index (κ3) is 4.71. The first kappa shape index (κ1) is 22.1. The normalized spacial score (nSPS) is 14.7. The lowest BCUT2D eigenvalue weighted by atomic mass is 10.2. The lowest BCUT2D eigenvalue weighted by Gasteiger charge is -2.23. The van der Waals surface area contributed by atoms with Gasteiger partial charge in [-0.05, 0) is 37.2 Å². The topological polar surface area (TPSA) is 66.9 Å². The van der Waals surface area contributed by atoms with Crippen LogP contribution in [0.15, 0.2) is 54.0 Å². The van der Waals surface area contributed by atoms with E-state index < -0.39 is 0 Å². The second-order valence-corrected chi connectivity index (χ2v) is 8.61. The average Bonchev–Trinajstić information content (AvgIpc) is 3.32. The van der Waals surface area contributed by atoms with Gasteiger partial charge in [0.25, 0.3) is 5.91 Å². The quantitative estimate of drug-likeness (QED) is 0.558. The summed E-state index contributed by atoms with van der Waals surface area (Å²) in [5.74, 6) is 1.16. The zero-order valence-electron chi connectivity index (χ0n) is 18.6. The Morgan fingerprint density at radius 3 is 2.84 bits per heavy atom. The van der Waals surface area contributed by atoms with Crippen molar-refractivity contribution in [1.82, 2.24) is 10.3 Å². The standard InChI is InChI=1S/C24H28N4O3S/c1-25-10-9-21(22-8-5-13-32-22)31-18-7-4-6-17(14-18)28-12-11-27(2)20-15-23(30-3)26-16-19(20)24(28)29/h4-8,13-16,21,25H,9-12H2,1-3H3. The first-order valence-corrected chi connectivity index (χ1v) is 11.5. The number of thiophene rings is 1. The number of rotatable bonds is 8. The summed E-state index contributed by atoms with van der Waals surface area (Å²) in [6, 6.07) is 13.7. The molecule has 0 spiro atoms. The van der Waals surface area contributed by atoms with Crippen molar-refractivity contribution < 1.29 is 14.3 Å². The molecule has 32 heavy (non-hydrogen) atoms. The second-order valence-electron chi connectivity index (χ2n) is 7.63. The van der Waals surface area contributed by atoms with Crippen molar-refractivity contribution in [1.29, 1.82) is 0 Å². The van der Waals surface area contributed by atoms with Gasteiger partial charge in [-0.2, -0.15) is 0 Å². The van der Waals surface area contributed by atoms with Crippen LogP contribution in [-0.2, 0) is 0 Å². The largest absolute Gasteiger partial charge is 0.485 e. The first-order valence-electron chi connectivity index (χ1n) is 10.6. The number of carbonyl (C=O) groups is 1. The number of benzene rings is 1. The summed E-state index contributed by atoms with van der Waals surface area (Å²) >= 11 is 1.69. The number of hydrogen-bond donors (Lipinski definition) is 1. The molecule has 1 N–H and O–H groups in total. The number of methoxy groups -OCH3 is 1. The summed E-state index contributed by atoms with van der Waals surface area (Å²) in [4.78, 5) is 22.7. The van der Waals surface area contributed by atoms with E-state index in [4.69, 9.17) is 9.47 Å². The van der Waals surface area contributed by atoms with Crippen LogP contribution in [0.1, 0.15) is 27.8 Å². The molecule has 1 aliphatic heterocycles. The Labute approximate surface area is 192 Å². The molecule has 0 saturated carbocycles. The van der Waals surface area contributed by atoms with Crippen molar-refractivity contribution in [3.63, 3.8) is 0 Å². The van der Waals surface area contributed by atoms with Crippen LogP contribution in [0.3, 0.4) is 0 Å². The third-order valence-electron chi connectivity index (χ3n) is 5.54. The molecule has 0 fully saturated rings. The zero-order chi connectivity index (χ0) is 22.5. The fourth-order valence-electron chi connectivity index (χ4n) is 3.78. The van der Waals surface area contributed by atoms with Crippen molar-refractivity contribution in [2.75, 3.05) is 50.6 Å². The van der Waals surface area contributed by atoms with E-state index in [1.54, 1.807) is 29.5 Å². The molecular formula is C24H28N4O3S. The number of carbonyl (C=O) groups excluding carboxylic acids is 1. The summed E-state index contributed by atoms with van der Waals surface area (Å²) in [7, 11) is 5.49. The van der Waals surface area contributed by atoms with Crippen LogP contribution in [0.2, 0.25) is 0 Å². The van der Waals surface area contributed by atoms with Gasteiger partial charge in [0.15, 0.2) is 0 Å². The first-order chi connectivity index (χ1) is 15.6. The Morgan fingerprint density at radius 1 is 1.22 bits per heavy atom. The molecule has 7 nitrogen and oxygen atoms in total. The molecule has 0 bridgehead atoms. The Hall–Kier alpha value is -3.10. The number of fused-ring (bicyclic) bond motifs is 1. The molecule has 1 atom stereocenters. The molecule has 2 aromatic heterocycles. The van der Waals surface area contributed by atoms with E-state index in [0.29, 0.717) is 24.5 Å². The summed E-state index contributed by atoms with van der Waals surface area (Å²) in [6.07, 6.45) is 2.41. The van der Waals surface area contributed by atoms with E-state index in [-0.39, 0.29) is 12.0 Å².